The Morgan fingerprint density at radius 1 is 0.239 bits per heavy atom. The first-order valence-corrected chi connectivity index (χ1v) is 37.0. The summed E-state index contributed by atoms with van der Waals surface area (Å²) in [6.45, 7) is -4.18. The van der Waals surface area contributed by atoms with E-state index >= 15 is 33.6 Å². The van der Waals surface area contributed by atoms with E-state index in [1.54, 1.807) is 0 Å². The predicted octanol–water partition coefficient (Wildman–Crippen LogP) is 3.12. The van der Waals surface area contributed by atoms with Crippen LogP contribution in [0.4, 0.5) is 0 Å². The minimum Gasteiger partial charge on any atom is -0.504 e. The van der Waals surface area contributed by atoms with Gasteiger partial charge in [-0.2, -0.15) is 0 Å². The van der Waals surface area contributed by atoms with Gasteiger partial charge in [-0.25, -0.2) is 52.7 Å². The number of carboxylic acids is 1. The topological polar surface area (TPSA) is 907 Å². The van der Waals surface area contributed by atoms with E-state index in [0.717, 1.165) is 0 Å². The van der Waals surface area contributed by atoms with Crippen molar-refractivity contribution in [3.8, 4) is 217 Å². The zero-order chi connectivity index (χ0) is 98.0. The first-order chi connectivity index (χ1) is 62.9. The molecule has 5 aliphatic heterocycles. The minimum atomic E-state index is -3.65. The van der Waals surface area contributed by atoms with Gasteiger partial charge in [-0.15, -0.1) is 0 Å². The summed E-state index contributed by atoms with van der Waals surface area (Å²) in [5.74, 6) is -81.7. The van der Waals surface area contributed by atoms with Crippen LogP contribution in [0, 0.1) is 0 Å². The molecule has 0 fully saturated rings. The van der Waals surface area contributed by atoms with Crippen LogP contribution in [0.1, 0.15) is 121 Å². The summed E-state index contributed by atoms with van der Waals surface area (Å²) in [5.41, 5.74) is -31.4. The summed E-state index contributed by atoms with van der Waals surface area (Å²) >= 11 is 0. The van der Waals surface area contributed by atoms with E-state index in [9.17, 15) is 177 Å². The van der Waals surface area contributed by atoms with Gasteiger partial charge in [0.15, 0.2) is 163 Å². The Morgan fingerprint density at radius 3 is 0.851 bits per heavy atom. The molecule has 15 rings (SSSR count). The van der Waals surface area contributed by atoms with Crippen molar-refractivity contribution in [3.05, 3.63) is 127 Å². The first-order valence-electron chi connectivity index (χ1n) is 37.0. The molecular weight excluding hydrogens is 1820 g/mol. The number of cyclic esters (lactones) is 7. The molecule has 5 aliphatic rings. The fraction of sp³-hybridized carbons (Fsp3) is 0.134. The SMILES string of the molecule is O=C(OC1COC(=O)c2cc(O)c(O)c(O)c2-c2c(cc(O)c(O)c2O)C(=O)OC1C1OC(=O)c2cc(O)c(O)c(O)c2-c2c(O)c(O)c(O)c3c2C(=O)OC1C3c1c(C(=O)OC2COC(=O)c3cc(O)c(O)c(O)c3-c3c(cc(O)c(O)c3O)C(=O)OC2C2OC(=O)c3cc(O)c(O)c(O)c3-c3c(cc(O)c(O)c3O)C(=O)OC2C(=O)O)cc(O)c(O)c1O)c1cc(O)c(O)c(O)c1. The molecular formula is C82H54O52. The number of benzene rings is 10. The second kappa shape index (κ2) is 31.7. The Bertz CT molecular complexity index is 7020. The van der Waals surface area contributed by atoms with Gasteiger partial charge in [0.2, 0.25) is 57.8 Å². The third kappa shape index (κ3) is 13.8. The summed E-state index contributed by atoms with van der Waals surface area (Å²) in [4.78, 5) is 169. The molecule has 0 saturated heterocycles. The van der Waals surface area contributed by atoms with Crippen molar-refractivity contribution in [3.63, 3.8) is 0 Å². The highest BCUT2D eigenvalue weighted by atomic mass is 16.7. The molecule has 52 nitrogen and oxygen atoms in total. The van der Waals surface area contributed by atoms with Crippen molar-refractivity contribution in [2.45, 2.75) is 54.7 Å². The number of fused-ring (bicyclic) bond motifs is 13. The van der Waals surface area contributed by atoms with E-state index < -0.39 is 417 Å². The third-order valence-corrected chi connectivity index (χ3v) is 21.7. The third-order valence-electron chi connectivity index (χ3n) is 21.7. The molecule has 52 heteroatoms. The lowest BCUT2D eigenvalue weighted by atomic mass is 9.73. The lowest BCUT2D eigenvalue weighted by Crippen LogP contribution is -2.56. The van der Waals surface area contributed by atoms with Crippen LogP contribution in [0.15, 0.2) is 60.7 Å². The molecule has 0 aliphatic carbocycles. The minimum absolute atomic E-state index is 0.0422. The molecule has 0 spiro atoms. The van der Waals surface area contributed by atoms with Crippen molar-refractivity contribution in [1.29, 1.82) is 0 Å². The van der Waals surface area contributed by atoms with Crippen molar-refractivity contribution in [2.24, 2.45) is 0 Å². The average Bonchev–Trinajstić information content (AvgIpc) is 0.708. The van der Waals surface area contributed by atoms with Gasteiger partial charge in [-0.1, -0.05) is 0 Å². The molecule has 0 amide bonds. The molecule has 0 radical (unpaired) electrons. The molecule has 9 atom stereocenters. The van der Waals surface area contributed by atoms with E-state index in [4.69, 9.17) is 47.4 Å². The van der Waals surface area contributed by atoms with Gasteiger partial charge in [0, 0.05) is 55.6 Å². The largest absolute Gasteiger partial charge is 0.504 e. The van der Waals surface area contributed by atoms with E-state index in [2.05, 4.69) is 0 Å². The lowest BCUT2D eigenvalue weighted by molar-refractivity contribution is -0.167. The van der Waals surface area contributed by atoms with Crippen LogP contribution in [0.2, 0.25) is 0 Å². The highest BCUT2D eigenvalue weighted by Crippen LogP contribution is 2.64. The fourth-order valence-electron chi connectivity index (χ4n) is 15.5. The zero-order valence-corrected chi connectivity index (χ0v) is 65.3. The molecule has 2 bridgehead atoms. The molecule has 31 N–H and O–H groups in total. The standard InChI is InChI=1S/C82H54O52/c83-22-1-13(2-23(84)46(22)93)73(115)127-32-11-125-74(116)14-3-24(85)47(94)55(102)34(14)36-16(5-26(87)49(96)57(36)104)77(119)129-66(32)69-68-44(43-45(82(124)131-68)42(63(110)65(112)64(43)111)40-20(80(122)132-69)9-30(91)53(100)61(40)108)41-21(10-31(92)54(101)62(41)109)76(118)128-33-12-126-75(117)15-4-25(86)48(95)56(103)35(15)37-17(6-27(88)50(97)58(37)105)78(120)130-67(33)70-71(72(113)114)134-81(123)19-8-29(90)52(99)60(107)39(19)38-18(79(121)133-70)7-28(89)51(98)59(38)106/h1-10,32-33,44,66-71,83-112H,11-12H2,(H,113,114). The van der Waals surface area contributed by atoms with Crippen molar-refractivity contribution < 1.29 is 258 Å². The second-order valence-corrected chi connectivity index (χ2v) is 29.3. The van der Waals surface area contributed by atoms with Crippen LogP contribution >= 0.6 is 0 Å². The number of rotatable bonds is 8. The van der Waals surface area contributed by atoms with Crippen molar-refractivity contribution in [1.82, 2.24) is 0 Å². The molecule has 5 heterocycles. The maximum Gasteiger partial charge on any atom is 0.349 e. The van der Waals surface area contributed by atoms with Crippen molar-refractivity contribution >= 4 is 65.7 Å². The Kier molecular flexibility index (Phi) is 21.1. The van der Waals surface area contributed by atoms with Crippen molar-refractivity contribution in [2.75, 3.05) is 13.2 Å². The van der Waals surface area contributed by atoms with E-state index in [0.29, 0.717) is 12.1 Å². The number of esters is 10. The molecule has 10 aromatic carbocycles. The number of hydrogen-bond acceptors (Lipinski definition) is 51. The molecule has 694 valence electrons. The molecule has 0 aromatic heterocycles. The maximum absolute atomic E-state index is 16.6. The van der Waals surface area contributed by atoms with E-state index in [1.807, 2.05) is 0 Å². The molecule has 0 saturated carbocycles. The Balaban J connectivity index is 1.02. The van der Waals surface area contributed by atoms with Gasteiger partial charge in [0.05, 0.1) is 61.6 Å². The summed E-state index contributed by atoms with van der Waals surface area (Å²) in [6, 6.07) is 1.23. The van der Waals surface area contributed by atoms with E-state index in [1.165, 1.54) is 0 Å². The number of carbonyl (C=O) groups is 11. The normalized spacial score (nSPS) is 19.2. The Morgan fingerprint density at radius 2 is 0.500 bits per heavy atom. The number of phenolic OH excluding ortho intramolecular Hbond substituents is 30. The van der Waals surface area contributed by atoms with E-state index in [-0.39, 0.29) is 48.5 Å². The van der Waals surface area contributed by atoms with Gasteiger partial charge >= 0.3 is 65.7 Å². The highest BCUT2D eigenvalue weighted by molar-refractivity contribution is 6.14. The van der Waals surface area contributed by atoms with Crippen LogP contribution in [0.3, 0.4) is 0 Å². The monoisotopic (exact) mass is 1870 g/mol. The molecule has 9 unspecified atom stereocenters. The van der Waals surface area contributed by atoms with Crippen LogP contribution in [-0.2, 0) is 52.2 Å². The van der Waals surface area contributed by atoms with Gasteiger partial charge in [0.25, 0.3) is 0 Å². The lowest BCUT2D eigenvalue weighted by Gasteiger charge is -2.43. The van der Waals surface area contributed by atoms with Crippen LogP contribution in [0.25, 0.3) is 44.5 Å². The second-order valence-electron chi connectivity index (χ2n) is 29.3. The number of aliphatic carboxylic acids is 1. The number of hydrogen-bond donors (Lipinski definition) is 31. The zero-order valence-electron chi connectivity index (χ0n) is 65.3. The summed E-state index contributed by atoms with van der Waals surface area (Å²) in [5, 5.41) is 353. The van der Waals surface area contributed by atoms with Gasteiger partial charge in [0.1, 0.15) is 13.2 Å². The average molecular weight is 1870 g/mol. The fourth-order valence-corrected chi connectivity index (χ4v) is 15.5. The number of phenols is 30. The van der Waals surface area contributed by atoms with Gasteiger partial charge < -0.3 is 206 Å². The van der Waals surface area contributed by atoms with Crippen LogP contribution in [-0.4, -0.2) is 286 Å². The summed E-state index contributed by atoms with van der Waals surface area (Å²) in [6.07, 6.45) is -28.2. The highest BCUT2D eigenvalue weighted by Gasteiger charge is 2.59. The predicted molar refractivity (Wildman–Crippen MR) is 414 cm³/mol. The number of carbonyl (C=O) groups excluding carboxylic acids is 10. The first kappa shape index (κ1) is 89.2. The number of carboxylic acid groups (broad SMARTS) is 1. The van der Waals surface area contributed by atoms with Gasteiger partial charge in [-0.05, 0) is 60.7 Å². The maximum atomic E-state index is 16.6. The Hall–Kier alpha value is -19.6. The van der Waals surface area contributed by atoms with Crippen LogP contribution in [0.5, 0.6) is 172 Å². The smallest absolute Gasteiger partial charge is 0.349 e. The molecule has 134 heavy (non-hydrogen) atoms. The van der Waals surface area contributed by atoms with Gasteiger partial charge in [-0.3, -0.25) is 0 Å². The summed E-state index contributed by atoms with van der Waals surface area (Å²) in [7, 11) is 0. The number of aromatic hydroxyl groups is 30. The number of ether oxygens (including phenoxy) is 10. The Labute approximate surface area is 733 Å². The quantitative estimate of drug-likeness (QED) is 0.0590. The summed E-state index contributed by atoms with van der Waals surface area (Å²) < 4.78 is 57.2. The van der Waals surface area contributed by atoms with Crippen LogP contribution < -0.4 is 0 Å². The molecule has 10 aromatic rings.